The maximum atomic E-state index is 2.66. The summed E-state index contributed by atoms with van der Waals surface area (Å²) in [5.74, 6) is 0. The third-order valence-corrected chi connectivity index (χ3v) is 3.94. The summed E-state index contributed by atoms with van der Waals surface area (Å²) in [6, 6.07) is 1.46. The highest BCUT2D eigenvalue weighted by atomic mass is 15.2. The molecule has 0 N–H and O–H groups in total. The van der Waals surface area contributed by atoms with Crippen LogP contribution in [-0.4, -0.2) is 23.5 Å². The van der Waals surface area contributed by atoms with Crippen LogP contribution in [0.4, 0.5) is 0 Å². The summed E-state index contributed by atoms with van der Waals surface area (Å²) in [6.07, 6.45) is 12.6. The van der Waals surface area contributed by atoms with Crippen LogP contribution in [0.3, 0.4) is 0 Å². The minimum absolute atomic E-state index is 0.699. The van der Waals surface area contributed by atoms with Crippen LogP contribution in [-0.2, 0) is 0 Å². The topological polar surface area (TPSA) is 3.24 Å². The van der Waals surface area contributed by atoms with Crippen LogP contribution in [0.15, 0.2) is 0 Å². The van der Waals surface area contributed by atoms with Crippen LogP contribution in [0.25, 0.3) is 0 Å². The molecule has 0 spiro atoms. The average molecular weight is 255 g/mol. The summed E-state index contributed by atoms with van der Waals surface area (Å²) in [5.41, 5.74) is 0. The Hall–Kier alpha value is -0.0400. The van der Waals surface area contributed by atoms with E-state index in [9.17, 15) is 0 Å². The molecule has 1 heteroatoms. The van der Waals surface area contributed by atoms with Crippen molar-refractivity contribution >= 4 is 0 Å². The molecule has 0 heterocycles. The Morgan fingerprint density at radius 2 is 1.28 bits per heavy atom. The molecule has 0 saturated carbocycles. The summed E-state index contributed by atoms with van der Waals surface area (Å²) in [7, 11) is 0. The fraction of sp³-hybridized carbons (Fsp3) is 1.00. The number of nitrogens with zero attached hydrogens (tertiary/aromatic N) is 1. The van der Waals surface area contributed by atoms with E-state index in [2.05, 4.69) is 39.5 Å². The van der Waals surface area contributed by atoms with Gasteiger partial charge in [-0.05, 0) is 40.2 Å². The second kappa shape index (κ2) is 12.0. The largest absolute Gasteiger partial charge is 0.298 e. The second-order valence-corrected chi connectivity index (χ2v) is 6.09. The normalized spacial score (nSPS) is 13.5. The van der Waals surface area contributed by atoms with Gasteiger partial charge in [0.05, 0.1) is 0 Å². The first-order valence-electron chi connectivity index (χ1n) is 8.39. The van der Waals surface area contributed by atoms with E-state index in [1.54, 1.807) is 0 Å². The number of hydrogen-bond donors (Lipinski definition) is 0. The highest BCUT2D eigenvalue weighted by Gasteiger charge is 2.15. The Bertz CT molecular complexity index is 165. The lowest BCUT2D eigenvalue weighted by molar-refractivity contribution is 0.154. The lowest BCUT2D eigenvalue weighted by Gasteiger charge is -2.32. The smallest absolute Gasteiger partial charge is 0.00696 e. The van der Waals surface area contributed by atoms with Crippen molar-refractivity contribution in [2.45, 2.75) is 104 Å². The first-order chi connectivity index (χ1) is 8.63. The van der Waals surface area contributed by atoms with E-state index in [-0.39, 0.29) is 0 Å². The van der Waals surface area contributed by atoms with Gasteiger partial charge in [-0.25, -0.2) is 0 Å². The molecular weight excluding hydrogens is 218 g/mol. The predicted octanol–water partition coefficient (Wildman–Crippen LogP) is 5.64. The molecule has 18 heavy (non-hydrogen) atoms. The average Bonchev–Trinajstić information content (AvgIpc) is 2.34. The van der Waals surface area contributed by atoms with E-state index in [1.165, 1.54) is 64.3 Å². The van der Waals surface area contributed by atoms with E-state index in [4.69, 9.17) is 0 Å². The molecule has 0 saturated heterocycles. The number of unbranched alkanes of at least 4 members (excludes halogenated alkanes) is 6. The summed E-state index contributed by atoms with van der Waals surface area (Å²) in [6.45, 7) is 12.9. The van der Waals surface area contributed by atoms with Crippen molar-refractivity contribution in [3.8, 4) is 0 Å². The van der Waals surface area contributed by atoms with Crippen molar-refractivity contribution in [2.75, 3.05) is 6.54 Å². The van der Waals surface area contributed by atoms with Crippen molar-refractivity contribution in [1.29, 1.82) is 0 Å². The van der Waals surface area contributed by atoms with Crippen LogP contribution in [0.2, 0.25) is 0 Å². The lowest BCUT2D eigenvalue weighted by Crippen LogP contribution is -2.39. The van der Waals surface area contributed by atoms with Gasteiger partial charge in [0.2, 0.25) is 0 Å². The molecule has 110 valence electrons. The Balaban J connectivity index is 3.58. The molecule has 1 unspecified atom stereocenters. The summed E-state index contributed by atoms with van der Waals surface area (Å²) < 4.78 is 0. The van der Waals surface area contributed by atoms with Gasteiger partial charge in [0.25, 0.3) is 0 Å². The molecule has 0 aromatic heterocycles. The predicted molar refractivity (Wildman–Crippen MR) is 84.2 cm³/mol. The highest BCUT2D eigenvalue weighted by molar-refractivity contribution is 4.70. The Morgan fingerprint density at radius 3 is 1.78 bits per heavy atom. The first-order valence-corrected chi connectivity index (χ1v) is 8.39. The van der Waals surface area contributed by atoms with Gasteiger partial charge in [-0.2, -0.15) is 0 Å². The zero-order valence-electron chi connectivity index (χ0n) is 13.7. The zero-order chi connectivity index (χ0) is 13.8. The van der Waals surface area contributed by atoms with Crippen LogP contribution in [0.5, 0.6) is 0 Å². The van der Waals surface area contributed by atoms with E-state index in [0.29, 0.717) is 6.04 Å². The molecule has 0 aliphatic carbocycles. The van der Waals surface area contributed by atoms with Crippen LogP contribution < -0.4 is 0 Å². The van der Waals surface area contributed by atoms with Crippen LogP contribution in [0.1, 0.15) is 92.4 Å². The van der Waals surface area contributed by atoms with E-state index in [0.717, 1.165) is 6.04 Å². The van der Waals surface area contributed by atoms with Crippen molar-refractivity contribution in [2.24, 2.45) is 0 Å². The standard InChI is InChI=1S/C17H37N/c1-6-8-9-10-11-12-13-14-17(5)18(15-7-2)16(3)4/h16-17H,6-15H2,1-5H3. The second-order valence-electron chi connectivity index (χ2n) is 6.09. The monoisotopic (exact) mass is 255 g/mol. The van der Waals surface area contributed by atoms with Gasteiger partial charge in [-0.3, -0.25) is 4.90 Å². The highest BCUT2D eigenvalue weighted by Crippen LogP contribution is 2.15. The summed E-state index contributed by atoms with van der Waals surface area (Å²) in [5, 5.41) is 0. The van der Waals surface area contributed by atoms with Crippen molar-refractivity contribution < 1.29 is 0 Å². The maximum Gasteiger partial charge on any atom is 0.00696 e. The molecule has 0 bridgehead atoms. The molecule has 1 nitrogen and oxygen atoms in total. The molecule has 0 aromatic carbocycles. The zero-order valence-corrected chi connectivity index (χ0v) is 13.7. The summed E-state index contributed by atoms with van der Waals surface area (Å²) >= 11 is 0. The molecule has 0 fully saturated rings. The van der Waals surface area contributed by atoms with Gasteiger partial charge in [0.1, 0.15) is 0 Å². The number of hydrogen-bond acceptors (Lipinski definition) is 1. The Labute approximate surface area is 116 Å². The summed E-state index contributed by atoms with van der Waals surface area (Å²) in [4.78, 5) is 2.66. The minimum atomic E-state index is 0.699. The Morgan fingerprint density at radius 1 is 0.722 bits per heavy atom. The molecule has 0 aromatic rings. The van der Waals surface area contributed by atoms with Gasteiger partial charge in [-0.1, -0.05) is 58.8 Å². The van der Waals surface area contributed by atoms with Crippen LogP contribution >= 0.6 is 0 Å². The third-order valence-electron chi connectivity index (χ3n) is 3.94. The van der Waals surface area contributed by atoms with Gasteiger partial charge < -0.3 is 0 Å². The molecule has 0 aliphatic heterocycles. The fourth-order valence-corrected chi connectivity index (χ4v) is 2.81. The SMILES string of the molecule is CCCCCCCCCC(C)N(CCC)C(C)C. The fourth-order valence-electron chi connectivity index (χ4n) is 2.81. The van der Waals surface area contributed by atoms with Gasteiger partial charge >= 0.3 is 0 Å². The van der Waals surface area contributed by atoms with Crippen molar-refractivity contribution in [1.82, 2.24) is 4.90 Å². The molecule has 0 aliphatic rings. The minimum Gasteiger partial charge on any atom is -0.298 e. The Kier molecular flexibility index (Phi) is 12.0. The molecule has 0 rings (SSSR count). The number of rotatable bonds is 12. The quantitative estimate of drug-likeness (QED) is 0.408. The van der Waals surface area contributed by atoms with E-state index < -0.39 is 0 Å². The van der Waals surface area contributed by atoms with Gasteiger partial charge in [-0.15, -0.1) is 0 Å². The molecule has 0 amide bonds. The van der Waals surface area contributed by atoms with Crippen LogP contribution in [0, 0.1) is 0 Å². The maximum absolute atomic E-state index is 2.66. The third kappa shape index (κ3) is 8.97. The molecule has 1 atom stereocenters. The van der Waals surface area contributed by atoms with Crippen molar-refractivity contribution in [3.05, 3.63) is 0 Å². The van der Waals surface area contributed by atoms with Crippen molar-refractivity contribution in [3.63, 3.8) is 0 Å². The van der Waals surface area contributed by atoms with Gasteiger partial charge in [0, 0.05) is 12.1 Å². The first kappa shape index (κ1) is 18.0. The van der Waals surface area contributed by atoms with E-state index in [1.807, 2.05) is 0 Å². The van der Waals surface area contributed by atoms with E-state index >= 15 is 0 Å². The molecular formula is C17H37N. The lowest BCUT2D eigenvalue weighted by atomic mass is 10.0. The molecule has 0 radical (unpaired) electrons. The van der Waals surface area contributed by atoms with Gasteiger partial charge in [0.15, 0.2) is 0 Å².